The first-order chi connectivity index (χ1) is 7.74. The number of amides is 1. The van der Waals surface area contributed by atoms with Crippen molar-refractivity contribution in [1.82, 2.24) is 15.0 Å². The standard InChI is InChI=1S/C11H16N4O/c12-11(16)6-9-10(5-7-1-2-7)15(14-13-9)8-3-4-8/h7-8H,1-6H2,(H2,12,16). The molecular weight excluding hydrogens is 204 g/mol. The van der Waals surface area contributed by atoms with E-state index in [9.17, 15) is 4.79 Å². The summed E-state index contributed by atoms with van der Waals surface area (Å²) in [6.45, 7) is 0. The predicted molar refractivity (Wildman–Crippen MR) is 57.6 cm³/mol. The lowest BCUT2D eigenvalue weighted by atomic mass is 10.1. The van der Waals surface area contributed by atoms with E-state index >= 15 is 0 Å². The third-order valence-electron chi connectivity index (χ3n) is 3.28. The van der Waals surface area contributed by atoms with Crippen molar-refractivity contribution in [3.8, 4) is 0 Å². The molecular formula is C11H16N4O. The maximum Gasteiger partial charge on any atom is 0.223 e. The molecule has 1 amide bonds. The van der Waals surface area contributed by atoms with E-state index in [-0.39, 0.29) is 12.3 Å². The Balaban J connectivity index is 1.86. The van der Waals surface area contributed by atoms with Gasteiger partial charge in [0.05, 0.1) is 23.9 Å². The fourth-order valence-corrected chi connectivity index (χ4v) is 2.07. The van der Waals surface area contributed by atoms with E-state index in [0.717, 1.165) is 23.7 Å². The van der Waals surface area contributed by atoms with Crippen LogP contribution in [0.25, 0.3) is 0 Å². The minimum Gasteiger partial charge on any atom is -0.369 e. The number of hydrogen-bond donors (Lipinski definition) is 1. The zero-order valence-corrected chi connectivity index (χ0v) is 9.22. The van der Waals surface area contributed by atoms with Gasteiger partial charge < -0.3 is 5.73 Å². The lowest BCUT2D eigenvalue weighted by molar-refractivity contribution is -0.117. The number of primary amides is 1. The third-order valence-corrected chi connectivity index (χ3v) is 3.28. The summed E-state index contributed by atoms with van der Waals surface area (Å²) in [5.74, 6) is 0.461. The molecule has 2 aliphatic carbocycles. The van der Waals surface area contributed by atoms with Gasteiger partial charge in [0, 0.05) is 0 Å². The maximum absolute atomic E-state index is 11.0. The highest BCUT2D eigenvalue weighted by Gasteiger charge is 2.32. The number of carbonyl (C=O) groups excluding carboxylic acids is 1. The van der Waals surface area contributed by atoms with Crippen LogP contribution in [0, 0.1) is 5.92 Å². The van der Waals surface area contributed by atoms with Crippen LogP contribution in [0.5, 0.6) is 0 Å². The molecule has 0 radical (unpaired) electrons. The Kier molecular flexibility index (Phi) is 2.19. The number of aromatic nitrogens is 3. The Labute approximate surface area is 94.0 Å². The molecule has 5 nitrogen and oxygen atoms in total. The van der Waals surface area contributed by atoms with Crippen LogP contribution in [0.2, 0.25) is 0 Å². The Bertz CT molecular complexity index is 418. The summed E-state index contributed by atoms with van der Waals surface area (Å²) >= 11 is 0. The lowest BCUT2D eigenvalue weighted by Gasteiger charge is -2.05. The molecule has 1 aromatic heterocycles. The van der Waals surface area contributed by atoms with Crippen LogP contribution in [-0.4, -0.2) is 20.9 Å². The van der Waals surface area contributed by atoms with E-state index in [1.54, 1.807) is 0 Å². The second-order valence-corrected chi connectivity index (χ2v) is 4.95. The molecule has 1 aromatic rings. The van der Waals surface area contributed by atoms with Crippen molar-refractivity contribution in [2.24, 2.45) is 11.7 Å². The van der Waals surface area contributed by atoms with Crippen molar-refractivity contribution < 1.29 is 4.79 Å². The van der Waals surface area contributed by atoms with Gasteiger partial charge in [-0.15, -0.1) is 5.10 Å². The minimum atomic E-state index is -0.320. The van der Waals surface area contributed by atoms with Crippen LogP contribution >= 0.6 is 0 Å². The maximum atomic E-state index is 11.0. The molecule has 5 heteroatoms. The molecule has 0 unspecified atom stereocenters. The van der Waals surface area contributed by atoms with Gasteiger partial charge in [-0.25, -0.2) is 4.68 Å². The first-order valence-electron chi connectivity index (χ1n) is 5.95. The average Bonchev–Trinajstić information content (AvgIpc) is 3.09. The molecule has 86 valence electrons. The summed E-state index contributed by atoms with van der Waals surface area (Å²) in [6, 6.07) is 0.530. The topological polar surface area (TPSA) is 73.8 Å². The Morgan fingerprint density at radius 1 is 1.38 bits per heavy atom. The molecule has 0 spiro atoms. The normalized spacial score (nSPS) is 20.0. The van der Waals surface area contributed by atoms with E-state index < -0.39 is 0 Å². The minimum absolute atomic E-state index is 0.231. The molecule has 0 saturated heterocycles. The Morgan fingerprint density at radius 3 is 2.69 bits per heavy atom. The summed E-state index contributed by atoms with van der Waals surface area (Å²) in [6.07, 6.45) is 6.23. The highest BCUT2D eigenvalue weighted by Crippen LogP contribution is 2.38. The summed E-state index contributed by atoms with van der Waals surface area (Å²) in [7, 11) is 0. The molecule has 1 heterocycles. The number of nitrogens with zero attached hydrogens (tertiary/aromatic N) is 3. The van der Waals surface area contributed by atoms with Crippen LogP contribution in [0.1, 0.15) is 43.1 Å². The molecule has 2 N–H and O–H groups in total. The number of carbonyl (C=O) groups is 1. The molecule has 2 aliphatic rings. The number of hydrogen-bond acceptors (Lipinski definition) is 3. The van der Waals surface area contributed by atoms with Crippen molar-refractivity contribution in [3.05, 3.63) is 11.4 Å². The Hall–Kier alpha value is -1.39. The van der Waals surface area contributed by atoms with Crippen LogP contribution < -0.4 is 5.73 Å². The molecule has 2 fully saturated rings. The van der Waals surface area contributed by atoms with Crippen LogP contribution in [0.3, 0.4) is 0 Å². The zero-order valence-electron chi connectivity index (χ0n) is 9.22. The van der Waals surface area contributed by atoms with Gasteiger partial charge in [0.15, 0.2) is 0 Å². The highest BCUT2D eigenvalue weighted by atomic mass is 16.1. The van der Waals surface area contributed by atoms with Gasteiger partial charge in [0.1, 0.15) is 0 Å². The molecule has 0 bridgehead atoms. The molecule has 0 atom stereocenters. The monoisotopic (exact) mass is 220 g/mol. The van der Waals surface area contributed by atoms with Gasteiger partial charge in [-0.05, 0) is 38.0 Å². The van der Waals surface area contributed by atoms with E-state index in [1.807, 2.05) is 4.68 Å². The van der Waals surface area contributed by atoms with E-state index in [0.29, 0.717) is 6.04 Å². The average molecular weight is 220 g/mol. The van der Waals surface area contributed by atoms with Gasteiger partial charge in [-0.3, -0.25) is 4.79 Å². The SMILES string of the molecule is NC(=O)Cc1nnn(C2CC2)c1CC1CC1. The van der Waals surface area contributed by atoms with Gasteiger partial charge in [0.25, 0.3) is 0 Å². The Morgan fingerprint density at radius 2 is 2.12 bits per heavy atom. The molecule has 0 aliphatic heterocycles. The van der Waals surface area contributed by atoms with E-state index in [1.165, 1.54) is 25.7 Å². The van der Waals surface area contributed by atoms with Crippen molar-refractivity contribution in [1.29, 1.82) is 0 Å². The van der Waals surface area contributed by atoms with Crippen LogP contribution in [0.15, 0.2) is 0 Å². The summed E-state index contributed by atoms with van der Waals surface area (Å²) in [5, 5.41) is 8.28. The third kappa shape index (κ3) is 1.94. The second-order valence-electron chi connectivity index (χ2n) is 4.95. The fourth-order valence-electron chi connectivity index (χ4n) is 2.07. The second kappa shape index (κ2) is 3.57. The summed E-state index contributed by atoms with van der Waals surface area (Å²) in [4.78, 5) is 11.0. The van der Waals surface area contributed by atoms with Crippen molar-refractivity contribution >= 4 is 5.91 Å². The first kappa shape index (κ1) is 9.81. The lowest BCUT2D eigenvalue weighted by Crippen LogP contribution is -2.16. The molecule has 3 rings (SSSR count). The van der Waals surface area contributed by atoms with Gasteiger partial charge in [-0.2, -0.15) is 0 Å². The van der Waals surface area contributed by atoms with Crippen molar-refractivity contribution in [3.63, 3.8) is 0 Å². The van der Waals surface area contributed by atoms with Crippen molar-refractivity contribution in [2.45, 2.75) is 44.6 Å². The first-order valence-corrected chi connectivity index (χ1v) is 5.95. The van der Waals surface area contributed by atoms with E-state index in [4.69, 9.17) is 5.73 Å². The zero-order chi connectivity index (χ0) is 11.1. The van der Waals surface area contributed by atoms with E-state index in [2.05, 4.69) is 10.3 Å². The quantitative estimate of drug-likeness (QED) is 0.789. The summed E-state index contributed by atoms with van der Waals surface area (Å²) in [5.41, 5.74) is 7.18. The molecule has 2 saturated carbocycles. The number of rotatable bonds is 5. The highest BCUT2D eigenvalue weighted by molar-refractivity contribution is 5.76. The predicted octanol–water partition coefficient (Wildman–Crippen LogP) is 0.593. The van der Waals surface area contributed by atoms with Gasteiger partial charge in [-0.1, -0.05) is 5.21 Å². The van der Waals surface area contributed by atoms with Crippen LogP contribution in [0.4, 0.5) is 0 Å². The largest absolute Gasteiger partial charge is 0.369 e. The van der Waals surface area contributed by atoms with Gasteiger partial charge >= 0.3 is 0 Å². The smallest absolute Gasteiger partial charge is 0.223 e. The summed E-state index contributed by atoms with van der Waals surface area (Å²) < 4.78 is 2.02. The van der Waals surface area contributed by atoms with Gasteiger partial charge in [0.2, 0.25) is 5.91 Å². The number of nitrogens with two attached hydrogens (primary N) is 1. The molecule has 16 heavy (non-hydrogen) atoms. The molecule has 0 aromatic carbocycles. The van der Waals surface area contributed by atoms with Crippen LogP contribution in [-0.2, 0) is 17.6 Å². The fraction of sp³-hybridized carbons (Fsp3) is 0.727. The van der Waals surface area contributed by atoms with Crippen molar-refractivity contribution in [2.75, 3.05) is 0 Å².